The lowest BCUT2D eigenvalue weighted by atomic mass is 10.1. The summed E-state index contributed by atoms with van der Waals surface area (Å²) < 4.78 is 0. The summed E-state index contributed by atoms with van der Waals surface area (Å²) in [4.78, 5) is 1.29. The zero-order chi connectivity index (χ0) is 11.8. The van der Waals surface area contributed by atoms with Crippen molar-refractivity contribution in [2.75, 3.05) is 12.4 Å². The maximum atomic E-state index is 8.66. The third-order valence-corrected chi connectivity index (χ3v) is 3.54. The van der Waals surface area contributed by atoms with E-state index in [0.717, 1.165) is 25.0 Å². The van der Waals surface area contributed by atoms with Gasteiger partial charge in [-0.25, -0.2) is 0 Å². The Balaban J connectivity index is 2.33. The molecule has 0 aliphatic rings. The summed E-state index contributed by atoms with van der Waals surface area (Å²) in [6.07, 6.45) is 3.19. The summed E-state index contributed by atoms with van der Waals surface area (Å²) in [6.45, 7) is 2.32. The number of unbranched alkanes of at least 4 members (excludes halogenated alkanes) is 2. The number of benzene rings is 1. The van der Waals surface area contributed by atoms with Crippen LogP contribution in [0.25, 0.3) is 0 Å². The lowest BCUT2D eigenvalue weighted by Gasteiger charge is -2.07. The number of hydrogen-bond acceptors (Lipinski definition) is 3. The van der Waals surface area contributed by atoms with Gasteiger partial charge in [0.15, 0.2) is 0 Å². The molecule has 16 heavy (non-hydrogen) atoms. The van der Waals surface area contributed by atoms with E-state index in [4.69, 9.17) is 10.8 Å². The minimum atomic E-state index is 0.106. The van der Waals surface area contributed by atoms with E-state index in [1.165, 1.54) is 10.5 Å². The fourth-order valence-corrected chi connectivity index (χ4v) is 2.45. The van der Waals surface area contributed by atoms with Crippen LogP contribution in [-0.2, 0) is 0 Å². The average molecular weight is 239 g/mol. The highest BCUT2D eigenvalue weighted by Crippen LogP contribution is 2.22. The van der Waals surface area contributed by atoms with Gasteiger partial charge >= 0.3 is 0 Å². The summed E-state index contributed by atoms with van der Waals surface area (Å²) in [6, 6.07) is 8.54. The van der Waals surface area contributed by atoms with Crippen molar-refractivity contribution in [1.82, 2.24) is 0 Å². The Hall–Kier alpha value is -0.510. The summed E-state index contributed by atoms with van der Waals surface area (Å²) >= 11 is 1.87. The van der Waals surface area contributed by atoms with Gasteiger partial charge in [-0.1, -0.05) is 18.6 Å². The fraction of sp³-hybridized carbons (Fsp3) is 0.538. The number of nitrogens with two attached hydrogens (primary N) is 1. The average Bonchev–Trinajstić information content (AvgIpc) is 2.29. The van der Waals surface area contributed by atoms with Gasteiger partial charge < -0.3 is 10.8 Å². The topological polar surface area (TPSA) is 46.2 Å². The third kappa shape index (κ3) is 5.01. The molecule has 0 saturated heterocycles. The normalized spacial score (nSPS) is 12.7. The van der Waals surface area contributed by atoms with E-state index in [9.17, 15) is 0 Å². The Bertz CT molecular complexity index is 302. The molecule has 0 radical (unpaired) electrons. The molecule has 0 aliphatic heterocycles. The molecule has 0 bridgehead atoms. The summed E-state index contributed by atoms with van der Waals surface area (Å²) in [5.41, 5.74) is 7.03. The Labute approximate surface area is 102 Å². The second-order valence-electron chi connectivity index (χ2n) is 3.99. The first-order valence-corrected chi connectivity index (χ1v) is 6.82. The number of hydrogen-bond donors (Lipinski definition) is 2. The SMILES string of the molecule is CC(N)c1cccc(SCCCCCO)c1. The minimum absolute atomic E-state index is 0.106. The van der Waals surface area contributed by atoms with Gasteiger partial charge in [-0.2, -0.15) is 0 Å². The zero-order valence-electron chi connectivity index (χ0n) is 9.86. The van der Waals surface area contributed by atoms with Crippen molar-refractivity contribution >= 4 is 11.8 Å². The summed E-state index contributed by atoms with van der Waals surface area (Å²) in [5, 5.41) is 8.66. The first kappa shape index (κ1) is 13.6. The molecular formula is C13H21NOS. The van der Waals surface area contributed by atoms with Gasteiger partial charge in [0.05, 0.1) is 0 Å². The summed E-state index contributed by atoms with van der Waals surface area (Å²) in [7, 11) is 0. The van der Waals surface area contributed by atoms with Crippen molar-refractivity contribution in [2.45, 2.75) is 37.1 Å². The predicted octanol–water partition coefficient (Wildman–Crippen LogP) is 2.96. The third-order valence-electron chi connectivity index (χ3n) is 2.46. The molecule has 0 fully saturated rings. The smallest absolute Gasteiger partial charge is 0.0431 e. The monoisotopic (exact) mass is 239 g/mol. The van der Waals surface area contributed by atoms with Crippen molar-refractivity contribution in [2.24, 2.45) is 5.73 Å². The van der Waals surface area contributed by atoms with Crippen LogP contribution in [0, 0.1) is 0 Å². The molecule has 2 nitrogen and oxygen atoms in total. The van der Waals surface area contributed by atoms with Crippen LogP contribution < -0.4 is 5.73 Å². The lowest BCUT2D eigenvalue weighted by molar-refractivity contribution is 0.284. The predicted molar refractivity (Wildman–Crippen MR) is 70.7 cm³/mol. The zero-order valence-corrected chi connectivity index (χ0v) is 10.7. The maximum absolute atomic E-state index is 8.66. The molecule has 0 aliphatic carbocycles. The van der Waals surface area contributed by atoms with Gasteiger partial charge in [0.25, 0.3) is 0 Å². The molecule has 0 aromatic heterocycles. The molecule has 1 aromatic rings. The first-order chi connectivity index (χ1) is 7.74. The Kier molecular flexibility index (Phi) is 6.53. The van der Waals surface area contributed by atoms with Gasteiger partial charge in [0, 0.05) is 17.5 Å². The molecule has 3 N–H and O–H groups in total. The first-order valence-electron chi connectivity index (χ1n) is 5.83. The van der Waals surface area contributed by atoms with Crippen LogP contribution in [0.15, 0.2) is 29.2 Å². The second kappa shape index (κ2) is 7.71. The maximum Gasteiger partial charge on any atom is 0.0431 e. The highest BCUT2D eigenvalue weighted by molar-refractivity contribution is 7.99. The largest absolute Gasteiger partial charge is 0.396 e. The molecule has 1 rings (SSSR count). The van der Waals surface area contributed by atoms with E-state index in [0.29, 0.717) is 6.61 Å². The van der Waals surface area contributed by atoms with Gasteiger partial charge in [0.1, 0.15) is 0 Å². The van der Waals surface area contributed by atoms with Gasteiger partial charge in [-0.05, 0) is 43.2 Å². The molecule has 0 amide bonds. The highest BCUT2D eigenvalue weighted by Gasteiger charge is 2.00. The summed E-state index contributed by atoms with van der Waals surface area (Å²) in [5.74, 6) is 1.11. The molecule has 1 atom stereocenters. The molecule has 3 heteroatoms. The molecule has 90 valence electrons. The van der Waals surface area contributed by atoms with E-state index in [1.54, 1.807) is 0 Å². The Morgan fingerprint density at radius 1 is 1.31 bits per heavy atom. The van der Waals surface area contributed by atoms with Crippen molar-refractivity contribution in [3.63, 3.8) is 0 Å². The Morgan fingerprint density at radius 3 is 2.81 bits per heavy atom. The lowest BCUT2D eigenvalue weighted by Crippen LogP contribution is -2.04. The van der Waals surface area contributed by atoms with Crippen molar-refractivity contribution in [1.29, 1.82) is 0 Å². The highest BCUT2D eigenvalue weighted by atomic mass is 32.2. The molecule has 1 aromatic carbocycles. The Morgan fingerprint density at radius 2 is 2.12 bits per heavy atom. The van der Waals surface area contributed by atoms with Crippen LogP contribution in [0.4, 0.5) is 0 Å². The van der Waals surface area contributed by atoms with Gasteiger partial charge in [-0.3, -0.25) is 0 Å². The number of aliphatic hydroxyl groups is 1. The van der Waals surface area contributed by atoms with Gasteiger partial charge in [-0.15, -0.1) is 11.8 Å². The van der Waals surface area contributed by atoms with Crippen molar-refractivity contribution in [3.05, 3.63) is 29.8 Å². The van der Waals surface area contributed by atoms with Crippen molar-refractivity contribution < 1.29 is 5.11 Å². The molecule has 0 saturated carbocycles. The number of rotatable bonds is 7. The van der Waals surface area contributed by atoms with E-state index >= 15 is 0 Å². The minimum Gasteiger partial charge on any atom is -0.396 e. The number of aliphatic hydroxyl groups excluding tert-OH is 1. The van der Waals surface area contributed by atoms with E-state index in [1.807, 2.05) is 18.7 Å². The second-order valence-corrected chi connectivity index (χ2v) is 5.16. The van der Waals surface area contributed by atoms with Gasteiger partial charge in [0.2, 0.25) is 0 Å². The molecular weight excluding hydrogens is 218 g/mol. The molecule has 0 heterocycles. The van der Waals surface area contributed by atoms with Crippen molar-refractivity contribution in [3.8, 4) is 0 Å². The van der Waals surface area contributed by atoms with Crippen LogP contribution >= 0.6 is 11.8 Å². The van der Waals surface area contributed by atoms with Crippen LogP contribution in [0.3, 0.4) is 0 Å². The van der Waals surface area contributed by atoms with E-state index in [-0.39, 0.29) is 6.04 Å². The van der Waals surface area contributed by atoms with Crippen LogP contribution in [-0.4, -0.2) is 17.5 Å². The van der Waals surface area contributed by atoms with Crippen LogP contribution in [0.5, 0.6) is 0 Å². The van der Waals surface area contributed by atoms with Crippen LogP contribution in [0.1, 0.15) is 37.8 Å². The standard InChI is InChI=1S/C13H21NOS/c1-11(14)12-6-5-7-13(10-12)16-9-4-2-3-8-15/h5-7,10-11,15H,2-4,8-9,14H2,1H3. The van der Waals surface area contributed by atoms with E-state index in [2.05, 4.69) is 24.3 Å². The molecule has 0 spiro atoms. The van der Waals surface area contributed by atoms with Crippen LogP contribution in [0.2, 0.25) is 0 Å². The quantitative estimate of drug-likeness (QED) is 0.568. The van der Waals surface area contributed by atoms with E-state index < -0.39 is 0 Å². The molecule has 1 unspecified atom stereocenters. The number of thioether (sulfide) groups is 1. The fourth-order valence-electron chi connectivity index (χ4n) is 1.47.